The Bertz CT molecular complexity index is 247. The maximum absolute atomic E-state index is 11.4. The van der Waals surface area contributed by atoms with E-state index in [1.165, 1.54) is 0 Å². The second-order valence-electron chi connectivity index (χ2n) is 3.95. The molecule has 0 aromatic rings. The van der Waals surface area contributed by atoms with E-state index in [-0.39, 0.29) is 5.91 Å². The van der Waals surface area contributed by atoms with E-state index in [9.17, 15) is 4.79 Å². The molecular weight excluding hydrogens is 162 g/mol. The van der Waals surface area contributed by atoms with E-state index in [2.05, 4.69) is 25.7 Å². The van der Waals surface area contributed by atoms with E-state index in [4.69, 9.17) is 0 Å². The van der Waals surface area contributed by atoms with Gasteiger partial charge in [-0.1, -0.05) is 19.8 Å². The molecule has 13 heavy (non-hydrogen) atoms. The summed E-state index contributed by atoms with van der Waals surface area (Å²) in [6.45, 7) is 6.97. The van der Waals surface area contributed by atoms with Crippen LogP contribution in [0.15, 0.2) is 0 Å². The monoisotopic (exact) mass is 179 g/mol. The zero-order chi connectivity index (χ0) is 9.84. The second kappa shape index (κ2) is 4.32. The van der Waals surface area contributed by atoms with Gasteiger partial charge in [0, 0.05) is 12.6 Å². The Morgan fingerprint density at radius 2 is 2.31 bits per heavy atom. The van der Waals surface area contributed by atoms with Gasteiger partial charge < -0.3 is 4.90 Å². The van der Waals surface area contributed by atoms with Crippen molar-refractivity contribution in [2.45, 2.75) is 39.7 Å². The molecule has 1 aliphatic heterocycles. The Morgan fingerprint density at radius 1 is 1.62 bits per heavy atom. The third-order valence-electron chi connectivity index (χ3n) is 2.38. The van der Waals surface area contributed by atoms with Crippen LogP contribution in [-0.2, 0) is 4.79 Å². The van der Waals surface area contributed by atoms with E-state index in [1.54, 1.807) is 6.92 Å². The van der Waals surface area contributed by atoms with Crippen molar-refractivity contribution in [1.29, 1.82) is 0 Å². The first kappa shape index (κ1) is 10.1. The van der Waals surface area contributed by atoms with Gasteiger partial charge in [-0.2, -0.15) is 0 Å². The van der Waals surface area contributed by atoms with Gasteiger partial charge in [-0.15, -0.1) is 0 Å². The molecule has 1 fully saturated rings. The summed E-state index contributed by atoms with van der Waals surface area (Å²) in [5, 5.41) is 0. The van der Waals surface area contributed by atoms with Crippen LogP contribution in [0, 0.1) is 17.8 Å². The highest BCUT2D eigenvalue weighted by atomic mass is 16.2. The number of rotatable bonds is 2. The summed E-state index contributed by atoms with van der Waals surface area (Å²) >= 11 is 0. The lowest BCUT2D eigenvalue weighted by atomic mass is 9.93. The third-order valence-corrected chi connectivity index (χ3v) is 2.38. The van der Waals surface area contributed by atoms with Crippen molar-refractivity contribution in [2.75, 3.05) is 6.54 Å². The Balaban J connectivity index is 2.43. The summed E-state index contributed by atoms with van der Waals surface area (Å²) in [5.74, 6) is 5.90. The maximum atomic E-state index is 11.4. The maximum Gasteiger partial charge on any atom is 0.298 e. The zero-order valence-corrected chi connectivity index (χ0v) is 8.63. The number of hydrogen-bond acceptors (Lipinski definition) is 1. The van der Waals surface area contributed by atoms with E-state index >= 15 is 0 Å². The van der Waals surface area contributed by atoms with Gasteiger partial charge >= 0.3 is 0 Å². The van der Waals surface area contributed by atoms with Crippen LogP contribution in [0.4, 0.5) is 0 Å². The summed E-state index contributed by atoms with van der Waals surface area (Å²) in [4.78, 5) is 13.3. The van der Waals surface area contributed by atoms with Crippen LogP contribution in [0.2, 0.25) is 0 Å². The lowest BCUT2D eigenvalue weighted by Crippen LogP contribution is -2.51. The van der Waals surface area contributed by atoms with Crippen LogP contribution >= 0.6 is 0 Å². The first-order valence-electron chi connectivity index (χ1n) is 4.88. The minimum atomic E-state index is -0.000556. The largest absolute Gasteiger partial charge is 0.329 e. The van der Waals surface area contributed by atoms with E-state index < -0.39 is 0 Å². The van der Waals surface area contributed by atoms with Crippen molar-refractivity contribution in [3.8, 4) is 11.8 Å². The van der Waals surface area contributed by atoms with Crippen molar-refractivity contribution in [3.05, 3.63) is 0 Å². The molecule has 0 aromatic heterocycles. The molecule has 1 rings (SSSR count). The van der Waals surface area contributed by atoms with Crippen molar-refractivity contribution >= 4 is 5.91 Å². The lowest BCUT2D eigenvalue weighted by molar-refractivity contribution is -0.132. The average Bonchev–Trinajstić information content (AvgIpc) is 1.98. The summed E-state index contributed by atoms with van der Waals surface area (Å²) in [7, 11) is 0. The second-order valence-corrected chi connectivity index (χ2v) is 3.95. The van der Waals surface area contributed by atoms with Crippen LogP contribution in [0.25, 0.3) is 0 Å². The molecule has 0 aliphatic carbocycles. The van der Waals surface area contributed by atoms with Crippen LogP contribution in [0.3, 0.4) is 0 Å². The van der Waals surface area contributed by atoms with E-state index in [0.717, 1.165) is 19.4 Å². The Morgan fingerprint density at radius 3 is 2.69 bits per heavy atom. The highest BCUT2D eigenvalue weighted by Gasteiger charge is 2.31. The van der Waals surface area contributed by atoms with Crippen LogP contribution in [-0.4, -0.2) is 23.4 Å². The fourth-order valence-electron chi connectivity index (χ4n) is 1.68. The molecule has 0 saturated carbocycles. The normalized spacial score (nSPS) is 20.6. The van der Waals surface area contributed by atoms with Crippen molar-refractivity contribution in [2.24, 2.45) is 5.92 Å². The smallest absolute Gasteiger partial charge is 0.298 e. The Labute approximate surface area is 80.3 Å². The van der Waals surface area contributed by atoms with Gasteiger partial charge in [-0.05, 0) is 31.6 Å². The molecule has 2 heteroatoms. The van der Waals surface area contributed by atoms with Crippen molar-refractivity contribution in [1.82, 2.24) is 4.90 Å². The standard InChI is InChI=1S/C11H17NO/c1-4-5-11(13)12-7-6-10(12)8-9(2)3/h9-10H,6-8H2,1-3H3/t10-/m1/s1. The first-order chi connectivity index (χ1) is 6.15. The number of carbonyl (C=O) groups is 1. The van der Waals surface area contributed by atoms with Crippen LogP contribution in [0.5, 0.6) is 0 Å². The SMILES string of the molecule is CC#CC(=O)N1CC[C@@H]1CC(C)C. The van der Waals surface area contributed by atoms with E-state index in [0.29, 0.717) is 12.0 Å². The molecule has 0 unspecified atom stereocenters. The fourth-order valence-corrected chi connectivity index (χ4v) is 1.68. The Kier molecular flexibility index (Phi) is 3.36. The number of likely N-dealkylation sites (tertiary alicyclic amines) is 1. The van der Waals surface area contributed by atoms with E-state index in [1.807, 2.05) is 4.90 Å². The zero-order valence-electron chi connectivity index (χ0n) is 8.63. The third kappa shape index (κ3) is 2.48. The molecule has 0 spiro atoms. The predicted molar refractivity (Wildman–Crippen MR) is 53.0 cm³/mol. The van der Waals surface area contributed by atoms with Crippen LogP contribution in [0.1, 0.15) is 33.6 Å². The molecular formula is C11H17NO. The molecule has 1 heterocycles. The van der Waals surface area contributed by atoms with Gasteiger partial charge in [-0.3, -0.25) is 4.79 Å². The van der Waals surface area contributed by atoms with Gasteiger partial charge in [0.05, 0.1) is 0 Å². The van der Waals surface area contributed by atoms with Gasteiger partial charge in [0.25, 0.3) is 5.91 Å². The molecule has 1 amide bonds. The molecule has 1 aliphatic rings. The summed E-state index contributed by atoms with van der Waals surface area (Å²) in [6.07, 6.45) is 2.26. The quantitative estimate of drug-likeness (QED) is 0.590. The first-order valence-corrected chi connectivity index (χ1v) is 4.88. The van der Waals surface area contributed by atoms with Gasteiger partial charge in [0.15, 0.2) is 0 Å². The molecule has 1 saturated heterocycles. The topological polar surface area (TPSA) is 20.3 Å². The van der Waals surface area contributed by atoms with Gasteiger partial charge in [0.1, 0.15) is 0 Å². The van der Waals surface area contributed by atoms with Gasteiger partial charge in [-0.25, -0.2) is 0 Å². The molecule has 0 bridgehead atoms. The molecule has 2 nitrogen and oxygen atoms in total. The minimum absolute atomic E-state index is 0.000556. The predicted octanol–water partition coefficient (Wildman–Crippen LogP) is 1.66. The number of nitrogens with zero attached hydrogens (tertiary/aromatic N) is 1. The number of amides is 1. The summed E-state index contributed by atoms with van der Waals surface area (Å²) in [5.41, 5.74) is 0. The molecule has 72 valence electrons. The summed E-state index contributed by atoms with van der Waals surface area (Å²) in [6, 6.07) is 0.452. The van der Waals surface area contributed by atoms with Crippen molar-refractivity contribution in [3.63, 3.8) is 0 Å². The Hall–Kier alpha value is -0.970. The molecule has 0 N–H and O–H groups in total. The molecule has 0 radical (unpaired) electrons. The number of carbonyl (C=O) groups excluding carboxylic acids is 1. The number of hydrogen-bond donors (Lipinski definition) is 0. The average molecular weight is 179 g/mol. The minimum Gasteiger partial charge on any atom is -0.329 e. The van der Waals surface area contributed by atoms with Gasteiger partial charge in [0.2, 0.25) is 0 Å². The highest BCUT2D eigenvalue weighted by molar-refractivity contribution is 5.94. The summed E-state index contributed by atoms with van der Waals surface area (Å²) < 4.78 is 0. The lowest BCUT2D eigenvalue weighted by Gasteiger charge is -2.40. The molecule has 0 aromatic carbocycles. The molecule has 1 atom stereocenters. The van der Waals surface area contributed by atoms with Crippen molar-refractivity contribution < 1.29 is 4.79 Å². The van der Waals surface area contributed by atoms with Crippen LogP contribution < -0.4 is 0 Å². The highest BCUT2D eigenvalue weighted by Crippen LogP contribution is 2.23. The fraction of sp³-hybridized carbons (Fsp3) is 0.727.